The lowest BCUT2D eigenvalue weighted by molar-refractivity contribution is -0.154. The van der Waals surface area contributed by atoms with Crippen LogP contribution in [0.3, 0.4) is 0 Å². The van der Waals surface area contributed by atoms with E-state index < -0.39 is 68.4 Å². The summed E-state index contributed by atoms with van der Waals surface area (Å²) in [6.45, 7) is -2.46. The number of aliphatic carboxylic acids is 5. The molecule has 0 rings (SSSR count). The maximum absolute atomic E-state index is 12.0. The molecule has 0 heterocycles. The number of ether oxygens (including phenoxy) is 1. The van der Waals surface area contributed by atoms with Crippen LogP contribution in [-0.2, 0) is 38.3 Å². The van der Waals surface area contributed by atoms with Crippen molar-refractivity contribution in [3.8, 4) is 0 Å². The van der Waals surface area contributed by atoms with Crippen molar-refractivity contribution in [2.75, 3.05) is 57.8 Å². The van der Waals surface area contributed by atoms with Gasteiger partial charge in [-0.05, 0) is 38.5 Å². The van der Waals surface area contributed by atoms with Crippen LogP contribution in [0.4, 0.5) is 0 Å². The molecule has 0 aromatic heterocycles. The van der Waals surface area contributed by atoms with Gasteiger partial charge in [0.15, 0.2) is 0 Å². The summed E-state index contributed by atoms with van der Waals surface area (Å²) < 4.78 is 4.75. The summed E-state index contributed by atoms with van der Waals surface area (Å²) in [5, 5.41) is 59.9. The Hall–Kier alpha value is -2.59. The van der Waals surface area contributed by atoms with Crippen molar-refractivity contribution in [3.63, 3.8) is 0 Å². The Bertz CT molecular complexity index is 986. The summed E-state index contributed by atoms with van der Waals surface area (Å²) in [7, 11) is 2.84. The third-order valence-electron chi connectivity index (χ3n) is 6.18. The topological polar surface area (TPSA) is 281 Å². The molecule has 0 bridgehead atoms. The number of carbonyl (C=O) groups excluding carboxylic acids is 2. The second-order valence-corrected chi connectivity index (χ2v) is 12.5. The van der Waals surface area contributed by atoms with Crippen molar-refractivity contribution < 1.29 is 68.9 Å². The molecule has 0 fully saturated rings. The normalized spacial score (nSPS) is 11.9. The van der Waals surface area contributed by atoms with Gasteiger partial charge in [0.1, 0.15) is 25.6 Å². The first-order valence-corrected chi connectivity index (χ1v) is 16.8. The number of rotatable bonds is 30. The van der Waals surface area contributed by atoms with E-state index in [4.69, 9.17) is 25.2 Å². The fourth-order valence-electron chi connectivity index (χ4n) is 4.07. The summed E-state index contributed by atoms with van der Waals surface area (Å²) in [5.74, 6) is -5.87. The molecule has 0 aromatic rings. The monoisotopic (exact) mass is 772 g/mol. The Morgan fingerprint density at radius 1 is 0.604 bits per heavy atom. The summed E-state index contributed by atoms with van der Waals surface area (Å²) >= 11 is 0. The third kappa shape index (κ3) is 26.4. The van der Waals surface area contributed by atoms with E-state index in [0.29, 0.717) is 43.7 Å². The van der Waals surface area contributed by atoms with Crippen molar-refractivity contribution in [1.29, 1.82) is 0 Å². The summed E-state index contributed by atoms with van der Waals surface area (Å²) in [5.41, 5.74) is 0. The molecule has 0 spiro atoms. The van der Waals surface area contributed by atoms with Crippen LogP contribution < -0.4 is 10.6 Å². The van der Waals surface area contributed by atoms with Gasteiger partial charge in [0.25, 0.3) is 0 Å². The van der Waals surface area contributed by atoms with E-state index in [0.717, 1.165) is 9.80 Å². The van der Waals surface area contributed by atoms with E-state index in [1.54, 1.807) is 0 Å². The second kappa shape index (κ2) is 30.5. The summed E-state index contributed by atoms with van der Waals surface area (Å²) in [6.07, 6.45) is 2.23. The predicted molar refractivity (Wildman–Crippen MR) is 179 cm³/mol. The zero-order valence-corrected chi connectivity index (χ0v) is 29.4. The number of carbonyl (C=O) groups is 7. The molecule has 22 heteroatoms. The van der Waals surface area contributed by atoms with Crippen molar-refractivity contribution in [1.82, 2.24) is 20.4 Å². The first-order valence-electron chi connectivity index (χ1n) is 14.3. The molecular weight excluding hydrogens is 727 g/mol. The highest BCUT2D eigenvalue weighted by atomic mass is 35.5. The van der Waals surface area contributed by atoms with Crippen LogP contribution >= 0.6 is 46.4 Å². The van der Waals surface area contributed by atoms with Gasteiger partial charge in [0.2, 0.25) is 11.8 Å². The molecule has 2 amide bonds. The highest BCUT2D eigenvalue weighted by Crippen LogP contribution is 2.22. The van der Waals surface area contributed by atoms with Crippen LogP contribution in [0.5, 0.6) is 0 Å². The minimum Gasteiger partial charge on any atom is -0.480 e. The maximum atomic E-state index is 12.0. The molecule has 48 heavy (non-hydrogen) atoms. The SMILES string of the molecule is Cl.Cl.O=C(O)CN(COCO)C(CCCCNC(=O)CCSSCCC(=O)NCCCCC(C(=O)O)N(CC(=O)O)CC(=O)O)C(=O)O. The highest BCUT2D eigenvalue weighted by molar-refractivity contribution is 8.76. The molecular formula is C26H46Cl2N4O14S2. The quantitative estimate of drug-likeness (QED) is 0.0276. The predicted octanol–water partition coefficient (Wildman–Crippen LogP) is 0.253. The number of nitrogens with one attached hydrogen (secondary N) is 2. The number of carboxylic acid groups (broad SMARTS) is 5. The van der Waals surface area contributed by atoms with Gasteiger partial charge in [0, 0.05) is 37.4 Å². The van der Waals surface area contributed by atoms with Gasteiger partial charge in [-0.3, -0.25) is 43.4 Å². The molecule has 8 N–H and O–H groups in total. The number of hydrogen-bond acceptors (Lipinski definition) is 13. The number of unbranched alkanes of at least 4 members (excludes halogenated alkanes) is 2. The molecule has 2 atom stereocenters. The fourth-order valence-corrected chi connectivity index (χ4v) is 6.05. The minimum atomic E-state index is -1.34. The van der Waals surface area contributed by atoms with E-state index in [9.17, 15) is 43.8 Å². The molecule has 0 aliphatic rings. The third-order valence-corrected chi connectivity index (χ3v) is 8.58. The van der Waals surface area contributed by atoms with Crippen molar-refractivity contribution in [3.05, 3.63) is 0 Å². The van der Waals surface area contributed by atoms with Crippen LogP contribution in [0.25, 0.3) is 0 Å². The Balaban J connectivity index is -0.0000101. The van der Waals surface area contributed by atoms with E-state index in [1.807, 2.05) is 0 Å². The molecule has 18 nitrogen and oxygen atoms in total. The number of nitrogens with zero attached hydrogens (tertiary/aromatic N) is 2. The van der Waals surface area contributed by atoms with Gasteiger partial charge in [-0.1, -0.05) is 21.6 Å². The largest absolute Gasteiger partial charge is 0.480 e. The highest BCUT2D eigenvalue weighted by Gasteiger charge is 2.29. The molecule has 0 aliphatic heterocycles. The van der Waals surface area contributed by atoms with Gasteiger partial charge in [0.05, 0.1) is 19.6 Å². The smallest absolute Gasteiger partial charge is 0.321 e. The van der Waals surface area contributed by atoms with Crippen molar-refractivity contribution in [2.24, 2.45) is 0 Å². The van der Waals surface area contributed by atoms with E-state index in [2.05, 4.69) is 10.6 Å². The number of aliphatic hydroxyl groups excluding tert-OH is 1. The van der Waals surface area contributed by atoms with Crippen LogP contribution in [0.2, 0.25) is 0 Å². The van der Waals surface area contributed by atoms with E-state index in [1.165, 1.54) is 21.6 Å². The number of amides is 2. The molecule has 0 aromatic carbocycles. The summed E-state index contributed by atoms with van der Waals surface area (Å²) in [4.78, 5) is 82.0. The Morgan fingerprint density at radius 3 is 1.33 bits per heavy atom. The maximum Gasteiger partial charge on any atom is 0.321 e. The van der Waals surface area contributed by atoms with Gasteiger partial charge in [-0.25, -0.2) is 0 Å². The molecule has 280 valence electrons. The van der Waals surface area contributed by atoms with E-state index in [-0.39, 0.29) is 75.6 Å². The van der Waals surface area contributed by atoms with Gasteiger partial charge >= 0.3 is 29.8 Å². The van der Waals surface area contributed by atoms with Crippen LogP contribution in [0.15, 0.2) is 0 Å². The zero-order valence-electron chi connectivity index (χ0n) is 26.2. The second-order valence-electron chi connectivity index (χ2n) is 9.84. The molecule has 0 aliphatic carbocycles. The fraction of sp³-hybridized carbons (Fsp3) is 0.731. The van der Waals surface area contributed by atoms with Crippen molar-refractivity contribution >= 4 is 88.1 Å². The number of halogens is 2. The molecule has 0 saturated carbocycles. The van der Waals surface area contributed by atoms with Crippen LogP contribution in [-0.4, -0.2) is 152 Å². The first kappa shape index (κ1) is 49.8. The Kier molecular flexibility index (Phi) is 31.6. The summed E-state index contributed by atoms with van der Waals surface area (Å²) in [6, 6.07) is -2.40. The molecule has 2 unspecified atom stereocenters. The zero-order chi connectivity index (χ0) is 34.9. The van der Waals surface area contributed by atoms with Gasteiger partial charge < -0.3 is 46.0 Å². The minimum absolute atomic E-state index is 0. The lowest BCUT2D eigenvalue weighted by Gasteiger charge is -2.26. The lowest BCUT2D eigenvalue weighted by atomic mass is 10.1. The average Bonchev–Trinajstić information content (AvgIpc) is 2.95. The standard InChI is InChI=1S/C26H44N4O14S2.2ClH/c31-17-44-16-30(15-24(38)39)19(26(42)43)6-2-4-10-28-21(33)8-12-46-45-11-7-20(32)27-9-3-1-5-18(25(40)41)29(13-22(34)35)14-23(36)37;;/h18-19,31H,1-17H2,(H,27,32)(H,28,33)(H,34,35)(H,36,37)(H,38,39)(H,40,41)(H,42,43);2*1H. The number of hydrogen-bond donors (Lipinski definition) is 8. The lowest BCUT2D eigenvalue weighted by Crippen LogP contribution is -2.46. The first-order chi connectivity index (χ1) is 21.8. The molecule has 0 radical (unpaired) electrons. The molecule has 0 saturated heterocycles. The Morgan fingerprint density at radius 2 is 0.979 bits per heavy atom. The van der Waals surface area contributed by atoms with E-state index >= 15 is 0 Å². The average molecular weight is 774 g/mol. The van der Waals surface area contributed by atoms with Crippen molar-refractivity contribution in [2.45, 2.75) is 63.5 Å². The van der Waals surface area contributed by atoms with Gasteiger partial charge in [-0.15, -0.1) is 24.8 Å². The number of carboxylic acids is 5. The van der Waals surface area contributed by atoms with Gasteiger partial charge in [-0.2, -0.15) is 0 Å². The van der Waals surface area contributed by atoms with Crippen LogP contribution in [0.1, 0.15) is 51.4 Å². The number of aliphatic hydroxyl groups is 1. The van der Waals surface area contributed by atoms with Crippen LogP contribution in [0, 0.1) is 0 Å². The Labute approximate surface area is 297 Å².